The number of benzene rings is 2. The zero-order valence-corrected chi connectivity index (χ0v) is 18.2. The molecule has 3 aromatic heterocycles. The van der Waals surface area contributed by atoms with Crippen molar-refractivity contribution in [2.45, 2.75) is 27.2 Å². The van der Waals surface area contributed by atoms with E-state index in [4.69, 9.17) is 0 Å². The summed E-state index contributed by atoms with van der Waals surface area (Å²) in [4.78, 5) is 24.7. The molecule has 0 aliphatic rings. The minimum atomic E-state index is -0.0749. The molecule has 0 aliphatic carbocycles. The molecule has 5 aromatic rings. The van der Waals surface area contributed by atoms with Gasteiger partial charge in [-0.3, -0.25) is 14.9 Å². The highest BCUT2D eigenvalue weighted by Crippen LogP contribution is 2.31. The molecule has 0 aliphatic heterocycles. The quantitative estimate of drug-likeness (QED) is 0.352. The fourth-order valence-electron chi connectivity index (χ4n) is 3.79. The van der Waals surface area contributed by atoms with Crippen molar-refractivity contribution in [3.8, 4) is 22.6 Å². The van der Waals surface area contributed by atoms with Crippen molar-refractivity contribution >= 4 is 33.5 Å². The second kappa shape index (κ2) is 7.60. The van der Waals surface area contributed by atoms with Crippen LogP contribution in [0.4, 0.5) is 5.69 Å². The van der Waals surface area contributed by atoms with Gasteiger partial charge in [0.15, 0.2) is 5.82 Å². The minimum Gasteiger partial charge on any atom is -0.337 e. The minimum absolute atomic E-state index is 0.0195. The number of hydrogen-bond acceptors (Lipinski definition) is 4. The van der Waals surface area contributed by atoms with Crippen molar-refractivity contribution in [2.75, 3.05) is 5.32 Å². The topological polar surface area (TPSA) is 99.3 Å². The van der Waals surface area contributed by atoms with Crippen LogP contribution < -0.4 is 5.32 Å². The van der Waals surface area contributed by atoms with Gasteiger partial charge in [0.1, 0.15) is 5.69 Å². The van der Waals surface area contributed by atoms with Gasteiger partial charge in [0.05, 0.1) is 28.4 Å². The first kappa shape index (κ1) is 19.9. The second-order valence-corrected chi connectivity index (χ2v) is 9.18. The summed E-state index contributed by atoms with van der Waals surface area (Å²) < 4.78 is 0. The zero-order chi connectivity index (χ0) is 22.3. The molecule has 7 heteroatoms. The fourth-order valence-corrected chi connectivity index (χ4v) is 3.79. The van der Waals surface area contributed by atoms with E-state index in [0.29, 0.717) is 12.1 Å². The molecule has 1 amide bonds. The Bertz CT molecular complexity index is 1410. The number of aromatic nitrogens is 5. The van der Waals surface area contributed by atoms with Gasteiger partial charge in [-0.1, -0.05) is 39.0 Å². The molecule has 0 fully saturated rings. The molecule has 7 nitrogen and oxygen atoms in total. The monoisotopic (exact) mass is 424 g/mol. The molecule has 0 atom stereocenters. The number of nitrogens with one attached hydrogen (secondary N) is 3. The maximum Gasteiger partial charge on any atom is 0.224 e. The van der Waals surface area contributed by atoms with Crippen LogP contribution in [0.1, 0.15) is 27.2 Å². The van der Waals surface area contributed by atoms with Gasteiger partial charge in [0.25, 0.3) is 0 Å². The van der Waals surface area contributed by atoms with E-state index in [1.165, 1.54) is 0 Å². The van der Waals surface area contributed by atoms with Crippen LogP contribution in [0.3, 0.4) is 0 Å². The highest BCUT2D eigenvalue weighted by Gasteiger charge is 2.17. The molecule has 32 heavy (non-hydrogen) atoms. The second-order valence-electron chi connectivity index (χ2n) is 9.18. The fraction of sp³-hybridized carbons (Fsp3) is 0.200. The van der Waals surface area contributed by atoms with Gasteiger partial charge in [-0.2, -0.15) is 5.10 Å². The number of carbonyl (C=O) groups is 1. The first-order chi connectivity index (χ1) is 15.4. The largest absolute Gasteiger partial charge is 0.337 e. The van der Waals surface area contributed by atoms with Gasteiger partial charge < -0.3 is 10.3 Å². The summed E-state index contributed by atoms with van der Waals surface area (Å²) in [6.45, 7) is 6.13. The number of nitrogens with zero attached hydrogens (tertiary/aromatic N) is 3. The third-order valence-electron chi connectivity index (χ3n) is 5.22. The third kappa shape index (κ3) is 3.97. The van der Waals surface area contributed by atoms with Gasteiger partial charge in [0.2, 0.25) is 5.91 Å². The summed E-state index contributed by atoms with van der Waals surface area (Å²) in [6, 6.07) is 15.9. The highest BCUT2D eigenvalue weighted by atomic mass is 16.1. The van der Waals surface area contributed by atoms with Crippen molar-refractivity contribution in [1.82, 2.24) is 25.1 Å². The Hall–Kier alpha value is -4.00. The van der Waals surface area contributed by atoms with E-state index in [9.17, 15) is 4.79 Å². The summed E-state index contributed by atoms with van der Waals surface area (Å²) in [6.07, 6.45) is 3.90. The lowest BCUT2D eigenvalue weighted by Crippen LogP contribution is -2.19. The predicted octanol–water partition coefficient (Wildman–Crippen LogP) is 5.54. The molecule has 0 unspecified atom stereocenters. The van der Waals surface area contributed by atoms with Crippen LogP contribution in [0, 0.1) is 5.41 Å². The van der Waals surface area contributed by atoms with Crippen LogP contribution in [0.2, 0.25) is 0 Å². The molecule has 3 N–H and O–H groups in total. The van der Waals surface area contributed by atoms with Gasteiger partial charge in [0, 0.05) is 23.6 Å². The number of fused-ring (bicyclic) bond motifs is 2. The average molecular weight is 425 g/mol. The van der Waals surface area contributed by atoms with Crippen LogP contribution in [0.25, 0.3) is 44.6 Å². The standard InChI is InChI=1S/C25H24N6O/c1-25(2,3)12-22(32)27-17-10-16(13-26-14-17)15-8-9-19-18(11-15)23(31-30-19)24-28-20-6-4-5-7-21(20)29-24/h4-11,13-14H,12H2,1-3H3,(H,27,32)(H,28,29)(H,30,31). The molecule has 0 bridgehead atoms. The van der Waals surface area contributed by atoms with E-state index >= 15 is 0 Å². The zero-order valence-electron chi connectivity index (χ0n) is 18.2. The molecule has 5 rings (SSSR count). The van der Waals surface area contributed by atoms with Crippen LogP contribution in [0.15, 0.2) is 60.9 Å². The molecule has 0 saturated heterocycles. The Morgan fingerprint density at radius 3 is 2.66 bits per heavy atom. The number of imidazole rings is 1. The van der Waals surface area contributed by atoms with E-state index in [0.717, 1.165) is 44.6 Å². The lowest BCUT2D eigenvalue weighted by molar-refractivity contribution is -0.117. The van der Waals surface area contributed by atoms with E-state index < -0.39 is 0 Å². The number of aromatic amines is 2. The first-order valence-electron chi connectivity index (χ1n) is 10.5. The van der Waals surface area contributed by atoms with E-state index in [2.05, 4.69) is 36.5 Å². The van der Waals surface area contributed by atoms with Crippen LogP contribution >= 0.6 is 0 Å². The summed E-state index contributed by atoms with van der Waals surface area (Å²) in [5, 5.41) is 11.5. The number of rotatable bonds is 4. The van der Waals surface area contributed by atoms with Crippen molar-refractivity contribution in [3.05, 3.63) is 60.9 Å². The maximum absolute atomic E-state index is 12.3. The summed E-state index contributed by atoms with van der Waals surface area (Å²) in [5.41, 5.74) is 6.06. The predicted molar refractivity (Wildman–Crippen MR) is 127 cm³/mol. The molecule has 0 radical (unpaired) electrons. The summed E-state index contributed by atoms with van der Waals surface area (Å²) in [7, 11) is 0. The average Bonchev–Trinajstić information content (AvgIpc) is 3.35. The number of anilines is 1. The summed E-state index contributed by atoms with van der Waals surface area (Å²) >= 11 is 0. The Labute approximate surface area is 185 Å². The number of carbonyl (C=O) groups excluding carboxylic acids is 1. The van der Waals surface area contributed by atoms with Crippen molar-refractivity contribution in [1.29, 1.82) is 0 Å². The van der Waals surface area contributed by atoms with Crippen molar-refractivity contribution in [3.63, 3.8) is 0 Å². The van der Waals surface area contributed by atoms with Gasteiger partial charge >= 0.3 is 0 Å². The molecule has 3 heterocycles. The van der Waals surface area contributed by atoms with Crippen LogP contribution in [-0.2, 0) is 4.79 Å². The maximum atomic E-state index is 12.3. The number of para-hydroxylation sites is 2. The molecule has 160 valence electrons. The Kier molecular flexibility index (Phi) is 4.74. The normalized spacial score (nSPS) is 11.8. The van der Waals surface area contributed by atoms with Crippen molar-refractivity contribution < 1.29 is 4.79 Å². The Morgan fingerprint density at radius 1 is 1.00 bits per heavy atom. The SMILES string of the molecule is CC(C)(C)CC(=O)Nc1cncc(-c2ccc3[nH]nc(-c4nc5ccccc5[nH]4)c3c2)c1. The summed E-state index contributed by atoms with van der Waals surface area (Å²) in [5.74, 6) is 0.699. The van der Waals surface area contributed by atoms with Gasteiger partial charge in [-0.15, -0.1) is 0 Å². The molecule has 2 aromatic carbocycles. The van der Waals surface area contributed by atoms with Gasteiger partial charge in [-0.25, -0.2) is 4.98 Å². The number of amides is 1. The first-order valence-corrected chi connectivity index (χ1v) is 10.5. The van der Waals surface area contributed by atoms with Gasteiger partial charge in [-0.05, 0) is 41.3 Å². The van der Waals surface area contributed by atoms with E-state index in [1.54, 1.807) is 12.4 Å². The van der Waals surface area contributed by atoms with Crippen LogP contribution in [0.5, 0.6) is 0 Å². The molecule has 0 saturated carbocycles. The highest BCUT2D eigenvalue weighted by molar-refractivity contribution is 5.96. The Morgan fingerprint density at radius 2 is 1.84 bits per heavy atom. The number of H-pyrrole nitrogens is 2. The smallest absolute Gasteiger partial charge is 0.224 e. The van der Waals surface area contributed by atoms with Crippen LogP contribution in [-0.4, -0.2) is 31.1 Å². The molecular weight excluding hydrogens is 400 g/mol. The number of pyridine rings is 1. The van der Waals surface area contributed by atoms with E-state index in [1.807, 2.05) is 63.2 Å². The van der Waals surface area contributed by atoms with Crippen molar-refractivity contribution in [2.24, 2.45) is 5.41 Å². The third-order valence-corrected chi connectivity index (χ3v) is 5.22. The Balaban J connectivity index is 1.49. The lowest BCUT2D eigenvalue weighted by atomic mass is 9.92. The molecular formula is C25H24N6O. The van der Waals surface area contributed by atoms with E-state index in [-0.39, 0.29) is 11.3 Å². The lowest BCUT2D eigenvalue weighted by Gasteiger charge is -2.17. The molecule has 0 spiro atoms. The number of hydrogen-bond donors (Lipinski definition) is 3.